The van der Waals surface area contributed by atoms with Crippen molar-refractivity contribution in [2.75, 3.05) is 20.8 Å². The van der Waals surface area contributed by atoms with Crippen LogP contribution in [-0.4, -0.2) is 36.8 Å². The zero-order valence-corrected chi connectivity index (χ0v) is 24.1. The Morgan fingerprint density at radius 1 is 1.00 bits per heavy atom. The summed E-state index contributed by atoms with van der Waals surface area (Å²) in [6, 6.07) is 11.2. The van der Waals surface area contributed by atoms with Crippen molar-refractivity contribution in [2.24, 2.45) is 17.8 Å². The van der Waals surface area contributed by atoms with Crippen LogP contribution in [0.25, 0.3) is 22.0 Å². The lowest BCUT2D eigenvalue weighted by molar-refractivity contribution is -0.0843. The van der Waals surface area contributed by atoms with Crippen LogP contribution >= 0.6 is 0 Å². The summed E-state index contributed by atoms with van der Waals surface area (Å²) in [4.78, 5) is 28.1. The summed E-state index contributed by atoms with van der Waals surface area (Å²) in [6.45, 7) is 10.2. The van der Waals surface area contributed by atoms with Gasteiger partial charge in [0.15, 0.2) is 17.3 Å². The van der Waals surface area contributed by atoms with Crippen LogP contribution in [0.4, 0.5) is 0 Å². The molecule has 1 aliphatic heterocycles. The molecule has 0 saturated carbocycles. The molecule has 6 heteroatoms. The lowest BCUT2D eigenvalue weighted by atomic mass is 9.75. The standard InChI is InChI=1S/C33H41NO5/c1-20(2)11-12-21(22-16-18-39-33(3,4)19-22)15-17-34-29-23-9-7-8-10-24(23)30(35)27(29)25-13-14-26(37-5)31(38-6)28(25)32(34)36/h7-10,13-14,20-22H,11-12,15-19H2,1-6H3. The van der Waals surface area contributed by atoms with E-state index in [0.29, 0.717) is 57.7 Å². The molecule has 1 aromatic heterocycles. The number of rotatable bonds is 9. The molecule has 2 aromatic carbocycles. The number of aromatic nitrogens is 1. The molecule has 208 valence electrons. The number of carbonyl (C=O) groups is 1. The molecule has 2 atom stereocenters. The first-order valence-electron chi connectivity index (χ1n) is 14.3. The predicted molar refractivity (Wildman–Crippen MR) is 155 cm³/mol. The number of hydrogen-bond acceptors (Lipinski definition) is 5. The number of carbonyl (C=O) groups excluding carboxylic acids is 1. The molecular formula is C33H41NO5. The van der Waals surface area contributed by atoms with E-state index in [9.17, 15) is 9.59 Å². The first kappa shape index (κ1) is 27.4. The van der Waals surface area contributed by atoms with Crippen LogP contribution in [0.15, 0.2) is 41.2 Å². The highest BCUT2D eigenvalue weighted by atomic mass is 16.5. The second kappa shape index (κ2) is 10.8. The third kappa shape index (κ3) is 5.00. The summed E-state index contributed by atoms with van der Waals surface area (Å²) in [5, 5.41) is 1.02. The Labute approximate surface area is 231 Å². The second-order valence-corrected chi connectivity index (χ2v) is 12.2. The topological polar surface area (TPSA) is 66.8 Å². The van der Waals surface area contributed by atoms with Gasteiger partial charge in [0.1, 0.15) is 0 Å². The molecule has 5 rings (SSSR count). The summed E-state index contributed by atoms with van der Waals surface area (Å²) < 4.78 is 19.1. The van der Waals surface area contributed by atoms with Crippen LogP contribution in [0.5, 0.6) is 11.5 Å². The van der Waals surface area contributed by atoms with Crippen LogP contribution in [-0.2, 0) is 11.3 Å². The average molecular weight is 532 g/mol. The van der Waals surface area contributed by atoms with Crippen LogP contribution in [0, 0.1) is 17.8 Å². The van der Waals surface area contributed by atoms with Crippen LogP contribution in [0.3, 0.4) is 0 Å². The van der Waals surface area contributed by atoms with E-state index in [0.717, 1.165) is 50.0 Å². The van der Waals surface area contributed by atoms with Gasteiger partial charge in [0.05, 0.1) is 36.5 Å². The van der Waals surface area contributed by atoms with Crippen molar-refractivity contribution in [2.45, 2.75) is 71.9 Å². The smallest absolute Gasteiger partial charge is 0.262 e. The van der Waals surface area contributed by atoms with E-state index in [1.165, 1.54) is 0 Å². The Hall–Kier alpha value is -3.12. The summed E-state index contributed by atoms with van der Waals surface area (Å²) in [5.74, 6) is 2.44. The number of hydrogen-bond donors (Lipinski definition) is 0. The van der Waals surface area contributed by atoms with Gasteiger partial charge in [0.2, 0.25) is 0 Å². The lowest BCUT2D eigenvalue weighted by Crippen LogP contribution is -2.37. The molecule has 2 heterocycles. The minimum Gasteiger partial charge on any atom is -0.493 e. The molecule has 0 bridgehead atoms. The van der Waals surface area contributed by atoms with Crippen molar-refractivity contribution in [1.82, 2.24) is 4.57 Å². The molecule has 6 nitrogen and oxygen atoms in total. The largest absolute Gasteiger partial charge is 0.493 e. The summed E-state index contributed by atoms with van der Waals surface area (Å²) >= 11 is 0. The molecule has 39 heavy (non-hydrogen) atoms. The summed E-state index contributed by atoms with van der Waals surface area (Å²) in [7, 11) is 3.10. The number of methoxy groups -OCH3 is 2. The SMILES string of the molecule is COc1ccc2c3c(n(CCC(CCC(C)C)C4CCOC(C)(C)C4)c(=O)c2c1OC)-c1ccccc1C3=O. The Balaban J connectivity index is 1.64. The van der Waals surface area contributed by atoms with E-state index in [4.69, 9.17) is 14.2 Å². The van der Waals surface area contributed by atoms with E-state index in [1.807, 2.05) is 34.9 Å². The number of benzene rings is 2. The third-order valence-corrected chi connectivity index (χ3v) is 8.67. The second-order valence-electron chi connectivity index (χ2n) is 12.2. The molecule has 0 spiro atoms. The third-order valence-electron chi connectivity index (χ3n) is 8.67. The van der Waals surface area contributed by atoms with E-state index < -0.39 is 0 Å². The molecule has 3 aromatic rings. The maximum absolute atomic E-state index is 14.3. The van der Waals surface area contributed by atoms with Crippen molar-refractivity contribution < 1.29 is 19.0 Å². The zero-order chi connectivity index (χ0) is 27.9. The molecule has 2 unspecified atom stereocenters. The quantitative estimate of drug-likeness (QED) is 0.236. The molecule has 0 N–H and O–H groups in total. The molecular weight excluding hydrogens is 490 g/mol. The predicted octanol–water partition coefficient (Wildman–Crippen LogP) is 6.88. The van der Waals surface area contributed by atoms with Gasteiger partial charge < -0.3 is 18.8 Å². The van der Waals surface area contributed by atoms with Gasteiger partial charge in [-0.15, -0.1) is 0 Å². The van der Waals surface area contributed by atoms with E-state index in [2.05, 4.69) is 27.7 Å². The number of pyridine rings is 1. The van der Waals surface area contributed by atoms with Gasteiger partial charge in [0, 0.05) is 29.7 Å². The Morgan fingerprint density at radius 3 is 2.41 bits per heavy atom. The maximum Gasteiger partial charge on any atom is 0.262 e. The van der Waals surface area contributed by atoms with E-state index in [1.54, 1.807) is 20.3 Å². The number of nitrogens with zero attached hydrogens (tertiary/aromatic N) is 1. The first-order valence-corrected chi connectivity index (χ1v) is 14.3. The molecule has 0 radical (unpaired) electrons. The Kier molecular flexibility index (Phi) is 7.60. The van der Waals surface area contributed by atoms with Crippen molar-refractivity contribution in [3.8, 4) is 22.8 Å². The Morgan fingerprint density at radius 2 is 1.74 bits per heavy atom. The van der Waals surface area contributed by atoms with E-state index in [-0.39, 0.29) is 16.9 Å². The fourth-order valence-corrected chi connectivity index (χ4v) is 6.73. The minimum absolute atomic E-state index is 0.0471. The monoisotopic (exact) mass is 531 g/mol. The first-order chi connectivity index (χ1) is 18.7. The van der Waals surface area contributed by atoms with Gasteiger partial charge in [-0.05, 0) is 69.4 Å². The van der Waals surface area contributed by atoms with Gasteiger partial charge in [-0.25, -0.2) is 0 Å². The van der Waals surface area contributed by atoms with Crippen molar-refractivity contribution in [3.05, 3.63) is 57.9 Å². The molecule has 0 amide bonds. The summed E-state index contributed by atoms with van der Waals surface area (Å²) in [5.41, 5.74) is 2.52. The molecule has 1 aliphatic carbocycles. The number of ketones is 1. The van der Waals surface area contributed by atoms with E-state index >= 15 is 0 Å². The molecule has 2 aliphatic rings. The normalized spacial score (nSPS) is 18.7. The Bertz CT molecular complexity index is 1450. The van der Waals surface area contributed by atoms with Gasteiger partial charge >= 0.3 is 0 Å². The van der Waals surface area contributed by atoms with Crippen molar-refractivity contribution in [1.29, 1.82) is 0 Å². The van der Waals surface area contributed by atoms with Gasteiger partial charge in [-0.1, -0.05) is 44.5 Å². The maximum atomic E-state index is 14.3. The average Bonchev–Trinajstić information content (AvgIpc) is 3.21. The van der Waals surface area contributed by atoms with Gasteiger partial charge in [-0.3, -0.25) is 9.59 Å². The highest BCUT2D eigenvalue weighted by molar-refractivity contribution is 6.27. The minimum atomic E-state index is -0.140. The van der Waals surface area contributed by atoms with Crippen LogP contribution < -0.4 is 15.0 Å². The lowest BCUT2D eigenvalue weighted by Gasteiger charge is -2.39. The van der Waals surface area contributed by atoms with Gasteiger partial charge in [-0.2, -0.15) is 0 Å². The van der Waals surface area contributed by atoms with Gasteiger partial charge in [0.25, 0.3) is 5.56 Å². The fourth-order valence-electron chi connectivity index (χ4n) is 6.73. The molecule has 1 fully saturated rings. The highest BCUT2D eigenvalue weighted by Crippen LogP contribution is 2.44. The van der Waals surface area contributed by atoms with Crippen molar-refractivity contribution in [3.63, 3.8) is 0 Å². The highest BCUT2D eigenvalue weighted by Gasteiger charge is 2.36. The number of ether oxygens (including phenoxy) is 3. The fraction of sp³-hybridized carbons (Fsp3) is 0.515. The molecule has 1 saturated heterocycles. The zero-order valence-electron chi connectivity index (χ0n) is 24.1. The van der Waals surface area contributed by atoms with Crippen molar-refractivity contribution >= 4 is 16.6 Å². The summed E-state index contributed by atoms with van der Waals surface area (Å²) in [6.07, 6.45) is 5.21. The van der Waals surface area contributed by atoms with Crippen LogP contribution in [0.1, 0.15) is 75.7 Å². The number of fused-ring (bicyclic) bond motifs is 5. The van der Waals surface area contributed by atoms with Crippen LogP contribution in [0.2, 0.25) is 0 Å².